The molecular weight excluding hydrogens is 266 g/mol. The first-order chi connectivity index (χ1) is 9.58. The average molecular weight is 283 g/mol. The molecule has 0 radical (unpaired) electrons. The van der Waals surface area contributed by atoms with Crippen molar-refractivity contribution in [1.29, 1.82) is 0 Å². The molecule has 1 saturated heterocycles. The van der Waals surface area contributed by atoms with Crippen LogP contribution in [-0.2, 0) is 25.6 Å². The molecule has 1 aliphatic heterocycles. The highest BCUT2D eigenvalue weighted by atomic mass is 16.5. The molecule has 1 unspecified atom stereocenters. The molecule has 1 atom stereocenters. The third-order valence-corrected chi connectivity index (χ3v) is 2.96. The number of nitrogen functional groups attached to an aromatic ring is 1. The third kappa shape index (κ3) is 3.67. The maximum atomic E-state index is 12.1. The number of anilines is 1. The zero-order valence-corrected chi connectivity index (χ0v) is 11.2. The summed E-state index contributed by atoms with van der Waals surface area (Å²) in [5, 5.41) is 3.86. The number of nitrogens with two attached hydrogens (primary N) is 1. The number of hydrogen-bond donors (Lipinski definition) is 1. The summed E-state index contributed by atoms with van der Waals surface area (Å²) < 4.78 is 11.4. The van der Waals surface area contributed by atoms with E-state index >= 15 is 0 Å². The molecule has 0 aliphatic carbocycles. The summed E-state index contributed by atoms with van der Waals surface area (Å²) in [6.07, 6.45) is 1.21. The summed E-state index contributed by atoms with van der Waals surface area (Å²) in [5.41, 5.74) is 5.39. The highest BCUT2D eigenvalue weighted by molar-refractivity contribution is 5.76. The minimum absolute atomic E-state index is 0.0646. The van der Waals surface area contributed by atoms with Gasteiger partial charge in [-0.1, -0.05) is 0 Å². The number of ether oxygens (including phenoxy) is 2. The van der Waals surface area contributed by atoms with Crippen molar-refractivity contribution < 1.29 is 19.1 Å². The molecule has 1 aromatic rings. The number of hydrogen-bond acceptors (Lipinski definition) is 7. The van der Waals surface area contributed by atoms with Crippen LogP contribution in [0.5, 0.6) is 0 Å². The highest BCUT2D eigenvalue weighted by Gasteiger charge is 2.26. The lowest BCUT2D eigenvalue weighted by molar-refractivity contribution is -0.150. The Morgan fingerprint density at radius 1 is 1.60 bits per heavy atom. The molecule has 1 aromatic heterocycles. The summed E-state index contributed by atoms with van der Waals surface area (Å²) in [6.45, 7) is 1.31. The Bertz CT molecular complexity index is 489. The number of amides is 1. The van der Waals surface area contributed by atoms with E-state index in [9.17, 15) is 9.59 Å². The SMILES string of the molecule is COC(=O)CC1CN(C(=O)Cn2cnc(N)n2)CCO1. The van der Waals surface area contributed by atoms with Gasteiger partial charge in [-0.3, -0.25) is 9.59 Å². The van der Waals surface area contributed by atoms with Gasteiger partial charge in [0.2, 0.25) is 11.9 Å². The molecule has 2 rings (SSSR count). The molecular formula is C11H17N5O4. The van der Waals surface area contributed by atoms with Crippen LogP contribution in [0.1, 0.15) is 6.42 Å². The van der Waals surface area contributed by atoms with Crippen LogP contribution < -0.4 is 5.73 Å². The van der Waals surface area contributed by atoms with Crippen molar-refractivity contribution in [3.05, 3.63) is 6.33 Å². The zero-order valence-electron chi connectivity index (χ0n) is 11.2. The predicted molar refractivity (Wildman–Crippen MR) is 67.4 cm³/mol. The average Bonchev–Trinajstić information content (AvgIpc) is 2.84. The minimum atomic E-state index is -0.353. The Morgan fingerprint density at radius 2 is 2.40 bits per heavy atom. The number of aromatic nitrogens is 3. The van der Waals surface area contributed by atoms with Crippen LogP contribution >= 0.6 is 0 Å². The Balaban J connectivity index is 1.88. The van der Waals surface area contributed by atoms with Crippen molar-refractivity contribution >= 4 is 17.8 Å². The van der Waals surface area contributed by atoms with Crippen LogP contribution in [0.3, 0.4) is 0 Å². The summed E-state index contributed by atoms with van der Waals surface area (Å²) in [4.78, 5) is 28.7. The summed E-state index contributed by atoms with van der Waals surface area (Å²) in [5.74, 6) is -0.343. The van der Waals surface area contributed by atoms with Gasteiger partial charge in [-0.15, -0.1) is 5.10 Å². The predicted octanol–water partition coefficient (Wildman–Crippen LogP) is -1.35. The van der Waals surface area contributed by atoms with E-state index in [1.54, 1.807) is 4.90 Å². The molecule has 1 amide bonds. The normalized spacial score (nSPS) is 18.9. The molecule has 2 N–H and O–H groups in total. The van der Waals surface area contributed by atoms with Crippen molar-refractivity contribution in [1.82, 2.24) is 19.7 Å². The van der Waals surface area contributed by atoms with Crippen molar-refractivity contribution in [2.45, 2.75) is 19.1 Å². The van der Waals surface area contributed by atoms with E-state index < -0.39 is 0 Å². The van der Waals surface area contributed by atoms with Crippen LogP contribution in [0, 0.1) is 0 Å². The van der Waals surface area contributed by atoms with E-state index in [1.165, 1.54) is 18.1 Å². The van der Waals surface area contributed by atoms with Crippen LogP contribution in [0.2, 0.25) is 0 Å². The molecule has 9 nitrogen and oxygen atoms in total. The monoisotopic (exact) mass is 283 g/mol. The van der Waals surface area contributed by atoms with Gasteiger partial charge in [0.15, 0.2) is 0 Å². The van der Waals surface area contributed by atoms with E-state index in [-0.39, 0.29) is 36.9 Å². The molecule has 2 heterocycles. The van der Waals surface area contributed by atoms with Crippen molar-refractivity contribution in [2.75, 3.05) is 32.5 Å². The summed E-state index contributed by atoms with van der Waals surface area (Å²) >= 11 is 0. The van der Waals surface area contributed by atoms with Gasteiger partial charge >= 0.3 is 5.97 Å². The number of rotatable bonds is 4. The van der Waals surface area contributed by atoms with E-state index in [1.807, 2.05) is 0 Å². The molecule has 0 bridgehead atoms. The number of carbonyl (C=O) groups excluding carboxylic acids is 2. The number of carbonyl (C=O) groups is 2. The molecule has 1 aliphatic rings. The first kappa shape index (κ1) is 14.3. The Kier molecular flexibility index (Phi) is 4.51. The molecule has 0 saturated carbocycles. The second kappa shape index (κ2) is 6.33. The summed E-state index contributed by atoms with van der Waals surface area (Å²) in [7, 11) is 1.32. The number of nitrogens with zero attached hydrogens (tertiary/aromatic N) is 4. The molecule has 1 fully saturated rings. The van der Waals surface area contributed by atoms with Crippen LogP contribution in [0.15, 0.2) is 6.33 Å². The van der Waals surface area contributed by atoms with Crippen LogP contribution in [0.25, 0.3) is 0 Å². The van der Waals surface area contributed by atoms with Gasteiger partial charge in [0.05, 0.1) is 26.2 Å². The van der Waals surface area contributed by atoms with Gasteiger partial charge in [0, 0.05) is 13.1 Å². The fourth-order valence-electron chi connectivity index (χ4n) is 1.96. The number of methoxy groups -OCH3 is 1. The van der Waals surface area contributed by atoms with E-state index in [0.29, 0.717) is 19.7 Å². The Hall–Kier alpha value is -2.16. The standard InChI is InChI=1S/C11H17N5O4/c1-19-10(18)4-8-5-15(2-3-20-8)9(17)6-16-7-13-11(12)14-16/h7-8H,2-6H2,1H3,(H2,12,14). The van der Waals surface area contributed by atoms with Crippen LogP contribution in [0.4, 0.5) is 5.95 Å². The molecule has 9 heteroatoms. The number of morpholine rings is 1. The quantitative estimate of drug-likeness (QED) is 0.680. The molecule has 20 heavy (non-hydrogen) atoms. The Morgan fingerprint density at radius 3 is 3.05 bits per heavy atom. The molecule has 0 spiro atoms. The fourth-order valence-corrected chi connectivity index (χ4v) is 1.96. The van der Waals surface area contributed by atoms with E-state index in [2.05, 4.69) is 14.8 Å². The summed E-state index contributed by atoms with van der Waals surface area (Å²) in [6, 6.07) is 0. The fraction of sp³-hybridized carbons (Fsp3) is 0.636. The lowest BCUT2D eigenvalue weighted by Gasteiger charge is -2.32. The van der Waals surface area contributed by atoms with Gasteiger partial charge in [-0.05, 0) is 0 Å². The Labute approximate surface area is 115 Å². The topological polar surface area (TPSA) is 113 Å². The van der Waals surface area contributed by atoms with Gasteiger partial charge in [0.1, 0.15) is 12.9 Å². The maximum Gasteiger partial charge on any atom is 0.308 e. The van der Waals surface area contributed by atoms with Crippen molar-refractivity contribution in [3.8, 4) is 0 Å². The third-order valence-electron chi connectivity index (χ3n) is 2.96. The van der Waals surface area contributed by atoms with Crippen molar-refractivity contribution in [2.24, 2.45) is 0 Å². The molecule has 0 aromatic carbocycles. The molecule has 110 valence electrons. The zero-order chi connectivity index (χ0) is 14.5. The lowest BCUT2D eigenvalue weighted by atomic mass is 10.2. The van der Waals surface area contributed by atoms with Gasteiger partial charge in [-0.2, -0.15) is 0 Å². The lowest BCUT2D eigenvalue weighted by Crippen LogP contribution is -2.47. The second-order valence-electron chi connectivity index (χ2n) is 4.41. The van der Waals surface area contributed by atoms with Crippen LogP contribution in [-0.4, -0.2) is 64.5 Å². The van der Waals surface area contributed by atoms with Gasteiger partial charge in [0.25, 0.3) is 0 Å². The smallest absolute Gasteiger partial charge is 0.308 e. The van der Waals surface area contributed by atoms with Gasteiger partial charge in [-0.25, -0.2) is 9.67 Å². The van der Waals surface area contributed by atoms with Gasteiger partial charge < -0.3 is 20.1 Å². The first-order valence-corrected chi connectivity index (χ1v) is 6.19. The van der Waals surface area contributed by atoms with E-state index in [0.717, 1.165) is 0 Å². The first-order valence-electron chi connectivity index (χ1n) is 6.19. The van der Waals surface area contributed by atoms with Crippen molar-refractivity contribution in [3.63, 3.8) is 0 Å². The highest BCUT2D eigenvalue weighted by Crippen LogP contribution is 2.10. The largest absolute Gasteiger partial charge is 0.469 e. The number of esters is 1. The van der Waals surface area contributed by atoms with E-state index in [4.69, 9.17) is 10.5 Å². The maximum absolute atomic E-state index is 12.1. The minimum Gasteiger partial charge on any atom is -0.469 e. The second-order valence-corrected chi connectivity index (χ2v) is 4.41.